The summed E-state index contributed by atoms with van der Waals surface area (Å²) >= 11 is 0. The van der Waals surface area contributed by atoms with E-state index in [1.807, 2.05) is 0 Å². The number of amides is 6. The molecule has 6 amide bonds. The average Bonchev–Trinajstić information content (AvgIpc) is 3.87. The van der Waals surface area contributed by atoms with Gasteiger partial charge in [-0.3, -0.25) is 43.5 Å². The van der Waals surface area contributed by atoms with E-state index in [1.165, 1.54) is 54.6 Å². The van der Waals surface area contributed by atoms with E-state index in [0.717, 1.165) is 14.7 Å². The molecule has 73 heavy (non-hydrogen) atoms. The first-order valence-corrected chi connectivity index (χ1v) is 22.1. The summed E-state index contributed by atoms with van der Waals surface area (Å²) in [5, 5.41) is 32.1. The molecule has 0 aromatic heterocycles. The molecule has 3 unspecified atom stereocenters. The lowest BCUT2D eigenvalue weighted by molar-refractivity contribution is -0.108. The number of ether oxygens (including phenoxy) is 6. The zero-order valence-corrected chi connectivity index (χ0v) is 38.7. The summed E-state index contributed by atoms with van der Waals surface area (Å²) in [5.41, 5.74) is -1.09. The van der Waals surface area contributed by atoms with Gasteiger partial charge in [0.2, 0.25) is 0 Å². The lowest BCUT2D eigenvalue weighted by Gasteiger charge is -2.33. The van der Waals surface area contributed by atoms with Gasteiger partial charge < -0.3 is 43.7 Å². The molecular weight excluding hydrogens is 955 g/mol. The van der Waals surface area contributed by atoms with E-state index in [2.05, 4.69) is 17.8 Å². The molecule has 0 bridgehead atoms. The van der Waals surface area contributed by atoms with Crippen molar-refractivity contribution in [2.75, 3.05) is 79.1 Å². The third-order valence-corrected chi connectivity index (χ3v) is 11.5. The number of carbonyl (C=O) groups is 9. The van der Waals surface area contributed by atoms with Gasteiger partial charge in [-0.05, 0) is 61.0 Å². The zero-order valence-electron chi connectivity index (χ0n) is 38.7. The van der Waals surface area contributed by atoms with Crippen LogP contribution in [0.3, 0.4) is 0 Å². The van der Waals surface area contributed by atoms with Gasteiger partial charge in [0.05, 0.1) is 109 Å². The fourth-order valence-electron chi connectivity index (χ4n) is 7.53. The quantitative estimate of drug-likeness (QED) is 0.0468. The van der Waals surface area contributed by atoms with Crippen molar-refractivity contribution in [2.45, 2.75) is 39.1 Å². The van der Waals surface area contributed by atoms with Crippen molar-refractivity contribution < 1.29 is 86.9 Å². The van der Waals surface area contributed by atoms with Gasteiger partial charge in [0, 0.05) is 5.41 Å². The molecule has 0 aliphatic carbocycles. The van der Waals surface area contributed by atoms with E-state index >= 15 is 0 Å². The maximum absolute atomic E-state index is 12.9. The second-order valence-electron chi connectivity index (χ2n) is 16.6. The first kappa shape index (κ1) is 55.9. The second kappa shape index (κ2) is 24.9. The summed E-state index contributed by atoms with van der Waals surface area (Å²) in [6.45, 7) is -2.25. The largest absolute Gasteiger partial charge is 0.459 e. The number of benzene rings is 3. The van der Waals surface area contributed by atoms with Crippen LogP contribution in [-0.4, -0.2) is 181 Å². The van der Waals surface area contributed by atoms with E-state index in [0.29, 0.717) is 0 Å². The van der Waals surface area contributed by atoms with Gasteiger partial charge in [-0.25, -0.2) is 14.4 Å². The summed E-state index contributed by atoms with van der Waals surface area (Å²) in [5.74, 6) is 0.198. The Morgan fingerprint density at radius 2 is 0.740 bits per heavy atom. The molecule has 21 heteroatoms. The third kappa shape index (κ3) is 12.7. The summed E-state index contributed by atoms with van der Waals surface area (Å²) in [7, 11) is 0. The number of terminal acetylenes is 3. The molecular formula is C52H51N3O18. The highest BCUT2D eigenvalue weighted by Crippen LogP contribution is 2.28. The van der Waals surface area contributed by atoms with Crippen LogP contribution >= 0.6 is 0 Å². The number of aliphatic hydroxyl groups excluding tert-OH is 3. The van der Waals surface area contributed by atoms with Crippen molar-refractivity contribution >= 4 is 53.4 Å². The van der Waals surface area contributed by atoms with E-state index < -0.39 is 96.9 Å². The fraction of sp³-hybridized carbons (Fsp3) is 0.365. The van der Waals surface area contributed by atoms with E-state index in [4.69, 9.17) is 47.7 Å². The van der Waals surface area contributed by atoms with Gasteiger partial charge in [-0.1, -0.05) is 32.1 Å². The van der Waals surface area contributed by atoms with Gasteiger partial charge >= 0.3 is 17.9 Å². The van der Waals surface area contributed by atoms with Crippen molar-refractivity contribution in [1.82, 2.24) is 14.7 Å². The number of aliphatic hydroxyl groups is 3. The molecule has 0 fully saturated rings. The van der Waals surface area contributed by atoms with Crippen LogP contribution in [-0.2, 0) is 28.4 Å². The van der Waals surface area contributed by atoms with Crippen LogP contribution in [0.25, 0.3) is 0 Å². The minimum atomic E-state index is -1.36. The Labute approximate surface area is 419 Å². The van der Waals surface area contributed by atoms with Gasteiger partial charge in [-0.15, -0.1) is 19.3 Å². The number of imide groups is 3. The van der Waals surface area contributed by atoms with Crippen LogP contribution in [0.1, 0.15) is 114 Å². The molecule has 21 nitrogen and oxygen atoms in total. The monoisotopic (exact) mass is 1010 g/mol. The highest BCUT2D eigenvalue weighted by molar-refractivity contribution is 6.23. The van der Waals surface area contributed by atoms with Crippen LogP contribution in [0.5, 0.6) is 0 Å². The van der Waals surface area contributed by atoms with Crippen LogP contribution in [0, 0.1) is 42.4 Å². The molecule has 3 aromatic carbocycles. The van der Waals surface area contributed by atoms with Gasteiger partial charge in [0.1, 0.15) is 38.1 Å². The molecule has 0 spiro atoms. The van der Waals surface area contributed by atoms with Crippen LogP contribution in [0.15, 0.2) is 54.6 Å². The number of rotatable bonds is 25. The van der Waals surface area contributed by atoms with E-state index in [-0.39, 0.29) is 123 Å². The van der Waals surface area contributed by atoms with Gasteiger partial charge in [0.25, 0.3) is 35.4 Å². The Kier molecular flexibility index (Phi) is 19.0. The molecule has 0 saturated heterocycles. The molecule has 3 N–H and O–H groups in total. The predicted molar refractivity (Wildman–Crippen MR) is 253 cm³/mol. The van der Waals surface area contributed by atoms with Crippen molar-refractivity contribution in [3.8, 4) is 37.0 Å². The lowest BCUT2D eigenvalue weighted by atomic mass is 9.88. The van der Waals surface area contributed by atoms with Crippen LogP contribution in [0.2, 0.25) is 0 Å². The summed E-state index contributed by atoms with van der Waals surface area (Å²) in [6.07, 6.45) is 12.0. The molecule has 3 aromatic rings. The summed E-state index contributed by atoms with van der Waals surface area (Å²) in [4.78, 5) is 117. The second-order valence-corrected chi connectivity index (χ2v) is 16.6. The normalized spacial score (nSPS) is 15.5. The number of nitrogens with zero attached hydrogens (tertiary/aromatic N) is 3. The molecule has 6 rings (SSSR count). The maximum atomic E-state index is 12.9. The van der Waals surface area contributed by atoms with Gasteiger partial charge in [0.15, 0.2) is 0 Å². The van der Waals surface area contributed by atoms with Crippen molar-refractivity contribution in [2.24, 2.45) is 5.41 Å². The third-order valence-electron chi connectivity index (χ3n) is 11.5. The first-order chi connectivity index (χ1) is 34.5. The Morgan fingerprint density at radius 1 is 0.479 bits per heavy atom. The zero-order chi connectivity index (χ0) is 52.3. The summed E-state index contributed by atoms with van der Waals surface area (Å²) in [6, 6.07) is 11.4. The number of hydrogen-bond acceptors (Lipinski definition) is 18. The first-order valence-electron chi connectivity index (χ1n) is 22.1. The minimum Gasteiger partial charge on any atom is -0.459 e. The molecule has 0 radical (unpaired) electrons. The van der Waals surface area contributed by atoms with Crippen molar-refractivity contribution in [1.29, 1.82) is 0 Å². The number of hydrogen-bond donors (Lipinski definition) is 3. The number of esters is 3. The average molecular weight is 1010 g/mol. The topological polar surface area (TPSA) is 279 Å². The van der Waals surface area contributed by atoms with E-state index in [9.17, 15) is 58.5 Å². The molecule has 3 aliphatic rings. The maximum Gasteiger partial charge on any atom is 0.338 e. The molecule has 0 saturated carbocycles. The minimum absolute atomic E-state index is 0. The SMILES string of the molecule is C.C#CCN1C(=O)c2ccc(C(=O)OCC(O)COCC(CC)(COCC(O)COC(=O)c3ccc4c(c3)C(=O)N(CC#C)C4=O)COCC(O)COC(=O)c3ccc4c(c3)C(=O)N(CC#C)C4=O)cc2C1=O. The smallest absolute Gasteiger partial charge is 0.338 e. The van der Waals surface area contributed by atoms with Crippen molar-refractivity contribution in [3.05, 3.63) is 105 Å². The number of carbonyl (C=O) groups excluding carboxylic acids is 9. The Morgan fingerprint density at radius 3 is 0.986 bits per heavy atom. The molecule has 3 aliphatic heterocycles. The fourth-order valence-corrected chi connectivity index (χ4v) is 7.53. The highest BCUT2D eigenvalue weighted by Gasteiger charge is 2.38. The predicted octanol–water partition coefficient (Wildman–Crippen LogP) is 1.41. The van der Waals surface area contributed by atoms with Crippen molar-refractivity contribution in [3.63, 3.8) is 0 Å². The lowest BCUT2D eigenvalue weighted by Crippen LogP contribution is -2.40. The standard InChI is InChI=1S/C51H47N3O18.CH4/c1-5-15-52-42(58)36-12-9-30(18-39(36)45(52)61)48(64)70-24-33(55)21-67-27-51(8-4,28-68-22-34(56)25-71-49(65)31-10-13-37-40(19-31)46(62)53(16-6-2)43(37)59)29-69-23-35(57)26-72-50(66)32-11-14-38-41(20-32)47(63)54(17-7-3)44(38)60;/h1-3,9-14,18-20,33-35,55-57H,8,15-17,21-29H2,4H3;1H4. The van der Waals surface area contributed by atoms with Gasteiger partial charge in [-0.2, -0.15) is 0 Å². The number of fused-ring (bicyclic) bond motifs is 3. The molecule has 382 valence electrons. The summed E-state index contributed by atoms with van der Waals surface area (Å²) < 4.78 is 33.2. The highest BCUT2D eigenvalue weighted by atomic mass is 16.6. The van der Waals surface area contributed by atoms with E-state index in [1.54, 1.807) is 6.92 Å². The molecule has 3 atom stereocenters. The van der Waals surface area contributed by atoms with Crippen LogP contribution in [0.4, 0.5) is 0 Å². The molecule has 3 heterocycles. The van der Waals surface area contributed by atoms with Crippen LogP contribution < -0.4 is 0 Å². The Bertz CT molecular complexity index is 2520. The Balaban J connectivity index is 0.00000988. The Hall–Kier alpha value is -8.07.